The molecule has 1 heterocycles. The third-order valence-electron chi connectivity index (χ3n) is 4.15. The van der Waals surface area contributed by atoms with Crippen LogP contribution in [0.4, 0.5) is 5.82 Å². The van der Waals surface area contributed by atoms with Crippen molar-refractivity contribution in [1.82, 2.24) is 9.78 Å². The van der Waals surface area contributed by atoms with Gasteiger partial charge in [-0.3, -0.25) is 4.79 Å². The summed E-state index contributed by atoms with van der Waals surface area (Å²) in [7, 11) is 0. The lowest BCUT2D eigenvalue weighted by atomic mass is 9.99. The van der Waals surface area contributed by atoms with E-state index in [0.717, 1.165) is 17.8 Å². The number of anilines is 1. The second kappa shape index (κ2) is 8.31. The fraction of sp³-hybridized carbons (Fsp3) is 0.444. The number of carbonyl (C=O) groups excluding carboxylic acids is 1. The highest BCUT2D eigenvalue weighted by Gasteiger charge is 2.20. The number of carbonyl (C=O) groups is 1. The van der Waals surface area contributed by atoms with E-state index in [1.807, 2.05) is 31.5 Å². The summed E-state index contributed by atoms with van der Waals surface area (Å²) in [4.78, 5) is 12.2. The number of nitrogens with zero attached hydrogens (tertiary/aromatic N) is 2. The van der Waals surface area contributed by atoms with E-state index in [2.05, 4.69) is 42.5 Å². The Balaban J connectivity index is 0.00000288. The minimum Gasteiger partial charge on any atom is -0.320 e. The summed E-state index contributed by atoms with van der Waals surface area (Å²) in [6.45, 7) is 10.1. The van der Waals surface area contributed by atoms with E-state index in [4.69, 9.17) is 5.73 Å². The van der Waals surface area contributed by atoms with Crippen LogP contribution in [0.2, 0.25) is 0 Å². The van der Waals surface area contributed by atoms with Crippen molar-refractivity contribution in [2.75, 3.05) is 5.32 Å². The fourth-order valence-electron chi connectivity index (χ4n) is 2.59. The first-order chi connectivity index (χ1) is 10.8. The van der Waals surface area contributed by atoms with Crippen molar-refractivity contribution in [1.29, 1.82) is 0 Å². The van der Waals surface area contributed by atoms with Crippen molar-refractivity contribution < 1.29 is 4.79 Å². The number of rotatable bonds is 5. The fourth-order valence-corrected chi connectivity index (χ4v) is 2.59. The van der Waals surface area contributed by atoms with Crippen molar-refractivity contribution in [3.63, 3.8) is 0 Å². The third-order valence-corrected chi connectivity index (χ3v) is 4.15. The zero-order chi connectivity index (χ0) is 17.1. The lowest BCUT2D eigenvalue weighted by molar-refractivity contribution is -0.118. The molecule has 24 heavy (non-hydrogen) atoms. The van der Waals surface area contributed by atoms with E-state index in [-0.39, 0.29) is 24.2 Å². The van der Waals surface area contributed by atoms with E-state index < -0.39 is 6.04 Å². The normalized spacial score (nSPS) is 13.1. The van der Waals surface area contributed by atoms with Crippen LogP contribution < -0.4 is 11.1 Å². The van der Waals surface area contributed by atoms with Gasteiger partial charge in [0.15, 0.2) is 5.82 Å². The van der Waals surface area contributed by atoms with E-state index >= 15 is 0 Å². The Hall–Kier alpha value is -1.85. The SMILES string of the molecule is CCC(C)C(N)C(=O)Nc1cc(C)n(-c2cc(C)cc(C)c2)n1.Cl. The van der Waals surface area contributed by atoms with Crippen LogP contribution in [0.3, 0.4) is 0 Å². The number of amides is 1. The van der Waals surface area contributed by atoms with Crippen LogP contribution in [0.5, 0.6) is 0 Å². The molecular weight excluding hydrogens is 324 g/mol. The van der Waals surface area contributed by atoms with Gasteiger partial charge in [-0.05, 0) is 49.9 Å². The molecule has 2 atom stereocenters. The summed E-state index contributed by atoms with van der Waals surface area (Å²) in [5, 5.41) is 7.32. The van der Waals surface area contributed by atoms with Crippen molar-refractivity contribution >= 4 is 24.1 Å². The molecule has 0 aliphatic rings. The minimum atomic E-state index is -0.522. The number of nitrogens with one attached hydrogen (secondary N) is 1. The lowest BCUT2D eigenvalue weighted by Crippen LogP contribution is -2.40. The van der Waals surface area contributed by atoms with Gasteiger partial charge < -0.3 is 11.1 Å². The van der Waals surface area contributed by atoms with Crippen LogP contribution in [0.25, 0.3) is 5.69 Å². The first-order valence-electron chi connectivity index (χ1n) is 8.03. The van der Waals surface area contributed by atoms with Gasteiger partial charge in [0.2, 0.25) is 5.91 Å². The van der Waals surface area contributed by atoms with Crippen LogP contribution >= 0.6 is 12.4 Å². The molecule has 132 valence electrons. The minimum absolute atomic E-state index is 0. The van der Waals surface area contributed by atoms with Gasteiger partial charge in [0.05, 0.1) is 11.7 Å². The number of aryl methyl sites for hydroxylation is 3. The van der Waals surface area contributed by atoms with Crippen molar-refractivity contribution in [2.45, 2.75) is 47.1 Å². The topological polar surface area (TPSA) is 72.9 Å². The van der Waals surface area contributed by atoms with Gasteiger partial charge in [-0.15, -0.1) is 17.5 Å². The molecule has 6 heteroatoms. The number of nitrogens with two attached hydrogens (primary N) is 1. The zero-order valence-electron chi connectivity index (χ0n) is 15.0. The summed E-state index contributed by atoms with van der Waals surface area (Å²) < 4.78 is 1.84. The Kier molecular flexibility index (Phi) is 6.99. The first kappa shape index (κ1) is 20.2. The Morgan fingerprint density at radius 3 is 2.33 bits per heavy atom. The van der Waals surface area contributed by atoms with E-state index in [1.165, 1.54) is 11.1 Å². The number of benzene rings is 1. The summed E-state index contributed by atoms with van der Waals surface area (Å²) in [6.07, 6.45) is 0.866. The van der Waals surface area contributed by atoms with Crippen molar-refractivity contribution in [3.05, 3.63) is 41.1 Å². The molecule has 0 bridgehead atoms. The molecule has 1 aromatic heterocycles. The molecule has 1 aromatic carbocycles. The summed E-state index contributed by atoms with van der Waals surface area (Å²) in [5.41, 5.74) is 10.3. The molecule has 5 nitrogen and oxygen atoms in total. The molecule has 0 aliphatic heterocycles. The maximum atomic E-state index is 12.2. The summed E-state index contributed by atoms with van der Waals surface area (Å²) in [6, 6.07) is 7.61. The Morgan fingerprint density at radius 1 is 1.21 bits per heavy atom. The molecule has 1 amide bonds. The van der Waals surface area contributed by atoms with Gasteiger partial charge in [-0.1, -0.05) is 26.3 Å². The summed E-state index contributed by atoms with van der Waals surface area (Å²) in [5.74, 6) is 0.479. The Bertz CT molecular complexity index is 691. The zero-order valence-corrected chi connectivity index (χ0v) is 15.8. The van der Waals surface area contributed by atoms with Crippen LogP contribution in [-0.2, 0) is 4.79 Å². The molecule has 2 unspecified atom stereocenters. The predicted molar refractivity (Wildman–Crippen MR) is 101 cm³/mol. The van der Waals surface area contributed by atoms with Gasteiger partial charge >= 0.3 is 0 Å². The highest BCUT2D eigenvalue weighted by molar-refractivity contribution is 5.94. The molecule has 0 saturated carbocycles. The predicted octanol–water partition coefficient (Wildman–Crippen LogP) is 3.53. The molecule has 0 fully saturated rings. The number of hydrogen-bond donors (Lipinski definition) is 2. The van der Waals surface area contributed by atoms with Gasteiger partial charge in [-0.2, -0.15) is 0 Å². The monoisotopic (exact) mass is 350 g/mol. The highest BCUT2D eigenvalue weighted by atomic mass is 35.5. The van der Waals surface area contributed by atoms with Gasteiger partial charge in [0.25, 0.3) is 0 Å². The molecule has 0 radical (unpaired) electrons. The first-order valence-corrected chi connectivity index (χ1v) is 8.03. The third kappa shape index (κ3) is 4.58. The standard InChI is InChI=1S/C18H26N4O.ClH/c1-6-13(4)17(19)18(23)20-16-10-14(5)22(21-16)15-8-11(2)7-12(3)9-15;/h7-10,13,17H,6,19H2,1-5H3,(H,20,21,23);1H. The number of hydrogen-bond acceptors (Lipinski definition) is 3. The second-order valence-electron chi connectivity index (χ2n) is 6.33. The van der Waals surface area contributed by atoms with Crippen LogP contribution in [-0.4, -0.2) is 21.7 Å². The smallest absolute Gasteiger partial charge is 0.242 e. The Morgan fingerprint density at radius 2 is 1.79 bits per heavy atom. The maximum Gasteiger partial charge on any atom is 0.242 e. The Labute approximate surface area is 150 Å². The number of aromatic nitrogens is 2. The number of halogens is 1. The largest absolute Gasteiger partial charge is 0.320 e. The van der Waals surface area contributed by atoms with Crippen LogP contribution in [0.15, 0.2) is 24.3 Å². The lowest BCUT2D eigenvalue weighted by Gasteiger charge is -2.16. The average molecular weight is 351 g/mol. The van der Waals surface area contributed by atoms with E-state index in [1.54, 1.807) is 0 Å². The van der Waals surface area contributed by atoms with Crippen LogP contribution in [0.1, 0.15) is 37.1 Å². The van der Waals surface area contributed by atoms with Crippen molar-refractivity contribution in [2.24, 2.45) is 11.7 Å². The molecule has 0 aliphatic carbocycles. The van der Waals surface area contributed by atoms with E-state index in [9.17, 15) is 4.79 Å². The molecule has 2 rings (SSSR count). The molecule has 0 saturated heterocycles. The molecular formula is C18H27ClN4O. The van der Waals surface area contributed by atoms with Gasteiger partial charge in [0, 0.05) is 11.8 Å². The average Bonchev–Trinajstić information content (AvgIpc) is 2.85. The molecule has 2 aromatic rings. The second-order valence-corrected chi connectivity index (χ2v) is 6.33. The van der Waals surface area contributed by atoms with Gasteiger partial charge in [-0.25, -0.2) is 4.68 Å². The van der Waals surface area contributed by atoms with Gasteiger partial charge in [0.1, 0.15) is 0 Å². The highest BCUT2D eigenvalue weighted by Crippen LogP contribution is 2.18. The van der Waals surface area contributed by atoms with Crippen LogP contribution in [0, 0.1) is 26.7 Å². The summed E-state index contributed by atoms with van der Waals surface area (Å²) >= 11 is 0. The maximum absolute atomic E-state index is 12.2. The van der Waals surface area contributed by atoms with Crippen molar-refractivity contribution in [3.8, 4) is 5.69 Å². The molecule has 3 N–H and O–H groups in total. The van der Waals surface area contributed by atoms with E-state index in [0.29, 0.717) is 5.82 Å². The molecule has 0 spiro atoms. The quantitative estimate of drug-likeness (QED) is 0.866.